The van der Waals surface area contributed by atoms with Crippen molar-refractivity contribution in [2.45, 2.75) is 26.3 Å². The van der Waals surface area contributed by atoms with Gasteiger partial charge in [0.25, 0.3) is 5.91 Å². The Bertz CT molecular complexity index is 518. The molecule has 19 heavy (non-hydrogen) atoms. The number of nitrogens with zero attached hydrogens (tertiary/aromatic N) is 1. The van der Waals surface area contributed by atoms with Crippen LogP contribution in [0.25, 0.3) is 0 Å². The maximum atomic E-state index is 13.7. The molecule has 0 bridgehead atoms. The molecule has 4 N–H and O–H groups in total. The molecule has 0 saturated heterocycles. The first-order chi connectivity index (χ1) is 8.86. The molecule has 0 radical (unpaired) electrons. The van der Waals surface area contributed by atoms with E-state index in [-0.39, 0.29) is 17.8 Å². The molecule has 0 heterocycles. The number of rotatable bonds is 4. The van der Waals surface area contributed by atoms with E-state index in [9.17, 15) is 13.6 Å². The molecule has 0 aliphatic carbocycles. The van der Waals surface area contributed by atoms with E-state index in [1.165, 1.54) is 13.0 Å². The molecule has 1 unspecified atom stereocenters. The van der Waals surface area contributed by atoms with Crippen molar-refractivity contribution in [2.75, 3.05) is 0 Å². The second-order valence-corrected chi connectivity index (χ2v) is 4.22. The summed E-state index contributed by atoms with van der Waals surface area (Å²) in [7, 11) is 0. The SMILES string of the molecule is Cc1ccc(F)c(C(=O)NC(C)C/C(N)=N/O)c1F. The number of benzene rings is 1. The highest BCUT2D eigenvalue weighted by molar-refractivity contribution is 5.95. The zero-order chi connectivity index (χ0) is 14.6. The lowest BCUT2D eigenvalue weighted by atomic mass is 10.1. The number of nitrogens with one attached hydrogen (secondary N) is 1. The van der Waals surface area contributed by atoms with Crippen molar-refractivity contribution in [3.05, 3.63) is 34.9 Å². The summed E-state index contributed by atoms with van der Waals surface area (Å²) in [6.45, 7) is 3.01. The Morgan fingerprint density at radius 3 is 2.74 bits per heavy atom. The molecule has 0 aliphatic heterocycles. The van der Waals surface area contributed by atoms with Crippen molar-refractivity contribution in [3.8, 4) is 0 Å². The van der Waals surface area contributed by atoms with Gasteiger partial charge >= 0.3 is 0 Å². The molecule has 1 aromatic carbocycles. The Kier molecular flexibility index (Phi) is 4.80. The van der Waals surface area contributed by atoms with Crippen LogP contribution in [0, 0.1) is 18.6 Å². The van der Waals surface area contributed by atoms with E-state index >= 15 is 0 Å². The predicted molar refractivity (Wildman–Crippen MR) is 66.0 cm³/mol. The van der Waals surface area contributed by atoms with Gasteiger partial charge in [0, 0.05) is 12.5 Å². The van der Waals surface area contributed by atoms with Crippen LogP contribution < -0.4 is 11.1 Å². The quantitative estimate of drug-likeness (QED) is 0.336. The highest BCUT2D eigenvalue weighted by Crippen LogP contribution is 2.16. The minimum Gasteiger partial charge on any atom is -0.409 e. The van der Waals surface area contributed by atoms with E-state index in [2.05, 4.69) is 10.5 Å². The van der Waals surface area contributed by atoms with Crippen LogP contribution in [-0.2, 0) is 0 Å². The summed E-state index contributed by atoms with van der Waals surface area (Å²) in [6.07, 6.45) is 0.0668. The van der Waals surface area contributed by atoms with Crippen molar-refractivity contribution in [2.24, 2.45) is 10.9 Å². The third-order valence-corrected chi connectivity index (χ3v) is 2.53. The summed E-state index contributed by atoms with van der Waals surface area (Å²) in [4.78, 5) is 11.8. The van der Waals surface area contributed by atoms with E-state index in [1.807, 2.05) is 0 Å². The summed E-state index contributed by atoms with van der Waals surface area (Å²) in [6, 6.07) is 1.76. The molecule has 0 spiro atoms. The highest BCUT2D eigenvalue weighted by Gasteiger charge is 2.20. The van der Waals surface area contributed by atoms with Crippen molar-refractivity contribution in [3.63, 3.8) is 0 Å². The normalized spacial score (nSPS) is 13.2. The Hall–Kier alpha value is -2.18. The number of amidine groups is 1. The molecule has 1 aromatic rings. The monoisotopic (exact) mass is 271 g/mol. The Morgan fingerprint density at radius 2 is 2.16 bits per heavy atom. The van der Waals surface area contributed by atoms with Crippen molar-refractivity contribution in [1.29, 1.82) is 0 Å². The van der Waals surface area contributed by atoms with Gasteiger partial charge < -0.3 is 16.3 Å². The van der Waals surface area contributed by atoms with Gasteiger partial charge in [-0.1, -0.05) is 11.2 Å². The molecule has 5 nitrogen and oxygen atoms in total. The lowest BCUT2D eigenvalue weighted by Crippen LogP contribution is -2.36. The maximum Gasteiger partial charge on any atom is 0.257 e. The van der Waals surface area contributed by atoms with Crippen LogP contribution in [0.3, 0.4) is 0 Å². The van der Waals surface area contributed by atoms with E-state index in [1.54, 1.807) is 6.92 Å². The average molecular weight is 271 g/mol. The third-order valence-electron chi connectivity index (χ3n) is 2.53. The molecule has 0 fully saturated rings. The zero-order valence-electron chi connectivity index (χ0n) is 10.6. The summed E-state index contributed by atoms with van der Waals surface area (Å²) >= 11 is 0. The van der Waals surface area contributed by atoms with Gasteiger partial charge in [-0.05, 0) is 25.5 Å². The van der Waals surface area contributed by atoms with Gasteiger partial charge in [-0.25, -0.2) is 8.78 Å². The topological polar surface area (TPSA) is 87.7 Å². The van der Waals surface area contributed by atoms with E-state index < -0.39 is 29.1 Å². The summed E-state index contributed by atoms with van der Waals surface area (Å²) in [5, 5.41) is 13.5. The molecular formula is C12H15F2N3O2. The molecule has 1 rings (SSSR count). The molecule has 0 aliphatic rings. The van der Waals surface area contributed by atoms with Crippen molar-refractivity contribution in [1.82, 2.24) is 5.32 Å². The van der Waals surface area contributed by atoms with Gasteiger partial charge in [0.2, 0.25) is 0 Å². The number of aryl methyl sites for hydroxylation is 1. The van der Waals surface area contributed by atoms with E-state index in [4.69, 9.17) is 10.9 Å². The minimum atomic E-state index is -0.934. The van der Waals surface area contributed by atoms with E-state index in [0.717, 1.165) is 6.07 Å². The van der Waals surface area contributed by atoms with Gasteiger partial charge in [-0.3, -0.25) is 4.79 Å². The standard InChI is InChI=1S/C12H15F2N3O2/c1-6-3-4-8(13)10(11(6)14)12(18)16-7(2)5-9(15)17-19/h3-4,7,19H,5H2,1-2H3,(H2,15,17)(H,16,18). The lowest BCUT2D eigenvalue weighted by molar-refractivity contribution is 0.0932. The Balaban J connectivity index is 2.87. The van der Waals surface area contributed by atoms with Gasteiger partial charge in [0.1, 0.15) is 23.0 Å². The number of halogens is 2. The van der Waals surface area contributed by atoms with Crippen LogP contribution in [0.15, 0.2) is 17.3 Å². The van der Waals surface area contributed by atoms with Crippen LogP contribution in [0.4, 0.5) is 8.78 Å². The number of carbonyl (C=O) groups is 1. The maximum absolute atomic E-state index is 13.7. The summed E-state index contributed by atoms with van der Waals surface area (Å²) in [5.74, 6) is -2.79. The molecular weight excluding hydrogens is 256 g/mol. The molecule has 0 aromatic heterocycles. The van der Waals surface area contributed by atoms with Crippen LogP contribution >= 0.6 is 0 Å². The first kappa shape index (κ1) is 14.9. The second-order valence-electron chi connectivity index (χ2n) is 4.22. The fourth-order valence-electron chi connectivity index (χ4n) is 1.57. The fraction of sp³-hybridized carbons (Fsp3) is 0.333. The number of amides is 1. The Morgan fingerprint density at radius 1 is 1.53 bits per heavy atom. The highest BCUT2D eigenvalue weighted by atomic mass is 19.1. The Labute approximate surface area is 109 Å². The molecule has 0 saturated carbocycles. The molecule has 7 heteroatoms. The smallest absolute Gasteiger partial charge is 0.257 e. The van der Waals surface area contributed by atoms with E-state index in [0.29, 0.717) is 0 Å². The van der Waals surface area contributed by atoms with Gasteiger partial charge in [-0.2, -0.15) is 0 Å². The summed E-state index contributed by atoms with van der Waals surface area (Å²) in [5.41, 5.74) is 4.82. The van der Waals surface area contributed by atoms with Crippen LogP contribution in [-0.4, -0.2) is 23.0 Å². The van der Waals surface area contributed by atoms with Gasteiger partial charge in [-0.15, -0.1) is 0 Å². The number of oxime groups is 1. The second kappa shape index (κ2) is 6.12. The molecule has 1 amide bonds. The van der Waals surface area contributed by atoms with Crippen LogP contribution in [0.2, 0.25) is 0 Å². The van der Waals surface area contributed by atoms with Gasteiger partial charge in [0.15, 0.2) is 0 Å². The number of hydrogen-bond donors (Lipinski definition) is 3. The number of nitrogens with two attached hydrogens (primary N) is 1. The zero-order valence-corrected chi connectivity index (χ0v) is 10.6. The lowest BCUT2D eigenvalue weighted by Gasteiger charge is -2.14. The predicted octanol–water partition coefficient (Wildman–Crippen LogP) is 1.53. The van der Waals surface area contributed by atoms with Crippen molar-refractivity contribution >= 4 is 11.7 Å². The minimum absolute atomic E-state index is 0.0668. The molecule has 1 atom stereocenters. The first-order valence-electron chi connectivity index (χ1n) is 5.58. The van der Waals surface area contributed by atoms with Gasteiger partial charge in [0.05, 0.1) is 0 Å². The average Bonchev–Trinajstić information content (AvgIpc) is 2.34. The van der Waals surface area contributed by atoms with Crippen LogP contribution in [0.1, 0.15) is 29.3 Å². The van der Waals surface area contributed by atoms with Crippen molar-refractivity contribution < 1.29 is 18.8 Å². The summed E-state index contributed by atoms with van der Waals surface area (Å²) < 4.78 is 27.2. The molecule has 104 valence electrons. The van der Waals surface area contributed by atoms with Crippen LogP contribution in [0.5, 0.6) is 0 Å². The first-order valence-corrected chi connectivity index (χ1v) is 5.58. The number of carbonyl (C=O) groups excluding carboxylic acids is 1. The largest absolute Gasteiger partial charge is 0.409 e. The number of hydrogen-bond acceptors (Lipinski definition) is 3. The third kappa shape index (κ3) is 3.64. The fourth-order valence-corrected chi connectivity index (χ4v) is 1.57.